The molecule has 0 aliphatic heterocycles. The van der Waals surface area contributed by atoms with Gasteiger partial charge < -0.3 is 4.57 Å². The van der Waals surface area contributed by atoms with Crippen molar-refractivity contribution < 1.29 is 4.79 Å². The molecule has 6 heteroatoms. The summed E-state index contributed by atoms with van der Waals surface area (Å²) in [6, 6.07) is 2.00. The van der Waals surface area contributed by atoms with Crippen molar-refractivity contribution in [2.45, 2.75) is 19.3 Å². The van der Waals surface area contributed by atoms with Gasteiger partial charge in [-0.3, -0.25) is 10.1 Å². The van der Waals surface area contributed by atoms with Gasteiger partial charge in [0.15, 0.2) is 0 Å². The van der Waals surface area contributed by atoms with E-state index in [1.165, 1.54) is 16.9 Å². The van der Waals surface area contributed by atoms with Gasteiger partial charge in [0.1, 0.15) is 6.33 Å². The number of carbonyl (C=O) groups excluding carboxylic acids is 1. The van der Waals surface area contributed by atoms with Gasteiger partial charge in [-0.2, -0.15) is 0 Å². The van der Waals surface area contributed by atoms with Crippen LogP contribution in [-0.2, 0) is 19.9 Å². The van der Waals surface area contributed by atoms with Crippen molar-refractivity contribution in [1.29, 1.82) is 0 Å². The van der Waals surface area contributed by atoms with E-state index >= 15 is 0 Å². The summed E-state index contributed by atoms with van der Waals surface area (Å²) in [5, 5.41) is 10.3. The third-order valence-corrected chi connectivity index (χ3v) is 4.14. The lowest BCUT2D eigenvalue weighted by Crippen LogP contribution is -2.13. The molecule has 2 aromatic rings. The number of fused-ring (bicyclic) bond motifs is 1. The van der Waals surface area contributed by atoms with E-state index in [-0.39, 0.29) is 5.91 Å². The van der Waals surface area contributed by atoms with E-state index in [0.717, 1.165) is 17.7 Å². The first-order chi connectivity index (χ1) is 8.24. The van der Waals surface area contributed by atoms with Gasteiger partial charge in [-0.15, -0.1) is 21.5 Å². The van der Waals surface area contributed by atoms with Crippen LogP contribution in [-0.4, -0.2) is 20.7 Å². The number of nitrogens with one attached hydrogen (secondary N) is 1. The monoisotopic (exact) mass is 248 g/mol. The van der Waals surface area contributed by atoms with Gasteiger partial charge in [-0.25, -0.2) is 0 Å². The fraction of sp³-hybridized carbons (Fsp3) is 0.364. The van der Waals surface area contributed by atoms with Crippen LogP contribution in [0.2, 0.25) is 0 Å². The quantitative estimate of drug-likeness (QED) is 0.878. The van der Waals surface area contributed by atoms with E-state index in [9.17, 15) is 4.79 Å². The number of anilines is 1. The van der Waals surface area contributed by atoms with Crippen molar-refractivity contribution in [1.82, 2.24) is 14.8 Å². The molecule has 1 aliphatic rings. The first kappa shape index (κ1) is 10.5. The Morgan fingerprint density at radius 1 is 1.53 bits per heavy atom. The Bertz CT molecular complexity index is 550. The van der Waals surface area contributed by atoms with Gasteiger partial charge in [-0.05, 0) is 30.9 Å². The van der Waals surface area contributed by atoms with Crippen molar-refractivity contribution in [2.75, 3.05) is 5.32 Å². The minimum absolute atomic E-state index is 0.0968. The molecule has 0 saturated carbocycles. The van der Waals surface area contributed by atoms with Crippen LogP contribution in [0.4, 0.5) is 5.95 Å². The summed E-state index contributed by atoms with van der Waals surface area (Å²) < 4.78 is 1.68. The number of carbonyl (C=O) groups is 1. The van der Waals surface area contributed by atoms with Crippen LogP contribution >= 0.6 is 11.3 Å². The van der Waals surface area contributed by atoms with E-state index in [4.69, 9.17) is 0 Å². The van der Waals surface area contributed by atoms with Crippen LogP contribution in [0.5, 0.6) is 0 Å². The van der Waals surface area contributed by atoms with Gasteiger partial charge >= 0.3 is 0 Å². The molecule has 0 atom stereocenters. The summed E-state index contributed by atoms with van der Waals surface area (Å²) >= 11 is 1.59. The topological polar surface area (TPSA) is 59.8 Å². The Kier molecular flexibility index (Phi) is 2.44. The first-order valence-electron chi connectivity index (χ1n) is 5.51. The molecule has 88 valence electrons. The number of aryl methyl sites for hydroxylation is 3. The van der Waals surface area contributed by atoms with Gasteiger partial charge in [0.25, 0.3) is 5.91 Å². The highest BCUT2D eigenvalue weighted by atomic mass is 32.1. The van der Waals surface area contributed by atoms with Crippen LogP contribution < -0.4 is 5.32 Å². The minimum Gasteiger partial charge on any atom is -0.303 e. The molecule has 1 aliphatic carbocycles. The average Bonchev–Trinajstić information content (AvgIpc) is 2.93. The Labute approximate surface area is 102 Å². The smallest absolute Gasteiger partial charge is 0.268 e. The number of hydrogen-bond donors (Lipinski definition) is 1. The normalized spacial score (nSPS) is 13.7. The average molecular weight is 248 g/mol. The Morgan fingerprint density at radius 3 is 3.12 bits per heavy atom. The lowest BCUT2D eigenvalue weighted by Gasteiger charge is -2.01. The van der Waals surface area contributed by atoms with Crippen molar-refractivity contribution in [3.8, 4) is 0 Å². The standard InChI is InChI=1S/C11H12N4OS/c1-15-6-12-14-11(15)13-10(16)9-5-7-3-2-4-8(7)17-9/h5-6H,2-4H2,1H3,(H,13,14,16). The molecule has 1 N–H and O–H groups in total. The van der Waals surface area contributed by atoms with E-state index in [1.807, 2.05) is 6.07 Å². The zero-order valence-electron chi connectivity index (χ0n) is 9.43. The predicted molar refractivity (Wildman–Crippen MR) is 65.3 cm³/mol. The maximum Gasteiger partial charge on any atom is 0.268 e. The van der Waals surface area contributed by atoms with E-state index < -0.39 is 0 Å². The van der Waals surface area contributed by atoms with Gasteiger partial charge in [-0.1, -0.05) is 0 Å². The molecule has 2 heterocycles. The Morgan fingerprint density at radius 2 is 2.41 bits per heavy atom. The van der Waals surface area contributed by atoms with Crippen molar-refractivity contribution in [2.24, 2.45) is 7.05 Å². The van der Waals surface area contributed by atoms with Crippen LogP contribution in [0.3, 0.4) is 0 Å². The second-order valence-corrected chi connectivity index (χ2v) is 5.27. The maximum atomic E-state index is 12.0. The fourth-order valence-corrected chi connectivity index (χ4v) is 3.15. The van der Waals surface area contributed by atoms with E-state index in [0.29, 0.717) is 5.95 Å². The first-order valence-corrected chi connectivity index (χ1v) is 6.32. The molecular weight excluding hydrogens is 236 g/mol. The highest BCUT2D eigenvalue weighted by Crippen LogP contribution is 2.30. The predicted octanol–water partition coefficient (Wildman–Crippen LogP) is 1.62. The Balaban J connectivity index is 1.80. The SMILES string of the molecule is Cn1cnnc1NC(=O)c1cc2c(s1)CCC2. The van der Waals surface area contributed by atoms with E-state index in [2.05, 4.69) is 15.5 Å². The maximum absolute atomic E-state index is 12.0. The minimum atomic E-state index is -0.0968. The summed E-state index contributed by atoms with van der Waals surface area (Å²) in [5.41, 5.74) is 1.33. The molecular formula is C11H12N4OS. The summed E-state index contributed by atoms with van der Waals surface area (Å²) in [7, 11) is 1.80. The van der Waals surface area contributed by atoms with Gasteiger partial charge in [0.05, 0.1) is 4.88 Å². The molecule has 0 spiro atoms. The molecule has 0 bridgehead atoms. The van der Waals surface area contributed by atoms with Gasteiger partial charge in [0, 0.05) is 11.9 Å². The highest BCUT2D eigenvalue weighted by molar-refractivity contribution is 7.14. The van der Waals surface area contributed by atoms with Crippen molar-refractivity contribution in [3.63, 3.8) is 0 Å². The molecule has 0 unspecified atom stereocenters. The molecule has 17 heavy (non-hydrogen) atoms. The lowest BCUT2D eigenvalue weighted by molar-refractivity contribution is 0.102. The number of amides is 1. The molecule has 0 fully saturated rings. The Hall–Kier alpha value is -1.69. The molecule has 0 saturated heterocycles. The molecule has 1 amide bonds. The summed E-state index contributed by atoms with van der Waals surface area (Å²) in [6.07, 6.45) is 4.98. The largest absolute Gasteiger partial charge is 0.303 e. The number of hydrogen-bond acceptors (Lipinski definition) is 4. The molecule has 0 radical (unpaired) electrons. The zero-order chi connectivity index (χ0) is 11.8. The summed E-state index contributed by atoms with van der Waals surface area (Å²) in [4.78, 5) is 14.1. The number of aromatic nitrogens is 3. The zero-order valence-corrected chi connectivity index (χ0v) is 10.3. The fourth-order valence-electron chi connectivity index (χ4n) is 2.00. The van der Waals surface area contributed by atoms with Crippen LogP contribution in [0.25, 0.3) is 0 Å². The van der Waals surface area contributed by atoms with Crippen LogP contribution in [0, 0.1) is 0 Å². The van der Waals surface area contributed by atoms with Crippen molar-refractivity contribution in [3.05, 3.63) is 27.7 Å². The second-order valence-electron chi connectivity index (χ2n) is 4.13. The van der Waals surface area contributed by atoms with Crippen molar-refractivity contribution >= 4 is 23.2 Å². The van der Waals surface area contributed by atoms with Crippen LogP contribution in [0.15, 0.2) is 12.4 Å². The summed E-state index contributed by atoms with van der Waals surface area (Å²) in [6.45, 7) is 0. The number of nitrogens with zero attached hydrogens (tertiary/aromatic N) is 3. The van der Waals surface area contributed by atoms with Gasteiger partial charge in [0.2, 0.25) is 5.95 Å². The number of rotatable bonds is 2. The third kappa shape index (κ3) is 1.84. The summed E-state index contributed by atoms with van der Waals surface area (Å²) in [5.74, 6) is 0.379. The van der Waals surface area contributed by atoms with Crippen LogP contribution in [0.1, 0.15) is 26.5 Å². The molecule has 3 rings (SSSR count). The molecule has 5 nitrogen and oxygen atoms in total. The third-order valence-electron chi connectivity index (χ3n) is 2.91. The number of thiophene rings is 1. The highest BCUT2D eigenvalue weighted by Gasteiger charge is 2.19. The molecule has 0 aromatic carbocycles. The second kappa shape index (κ2) is 3.96. The molecule has 2 aromatic heterocycles. The van der Waals surface area contributed by atoms with E-state index in [1.54, 1.807) is 29.3 Å². The lowest BCUT2D eigenvalue weighted by atomic mass is 10.2.